The summed E-state index contributed by atoms with van der Waals surface area (Å²) in [5.74, 6) is 0.0828. The van der Waals surface area contributed by atoms with Gasteiger partial charge in [-0.3, -0.25) is 4.79 Å². The maximum absolute atomic E-state index is 12.5. The fraction of sp³-hybridized carbons (Fsp3) is 0.381. The Morgan fingerprint density at radius 2 is 1.58 bits per heavy atom. The Hall–Kier alpha value is -2.13. The second-order valence-electron chi connectivity index (χ2n) is 6.82. The first kappa shape index (κ1) is 18.2. The molecule has 128 valence electrons. The zero-order chi connectivity index (χ0) is 17.4. The number of hydrogen-bond donors (Lipinski definition) is 1. The van der Waals surface area contributed by atoms with Crippen molar-refractivity contribution in [1.29, 1.82) is 0 Å². The molecular formula is C21H28N2O. The number of carbonyl (C=O) groups excluding carboxylic acids is 1. The van der Waals surface area contributed by atoms with Crippen LogP contribution in [0.3, 0.4) is 0 Å². The van der Waals surface area contributed by atoms with Gasteiger partial charge in [0.05, 0.1) is 5.41 Å². The van der Waals surface area contributed by atoms with E-state index >= 15 is 0 Å². The minimum absolute atomic E-state index is 0.0828. The number of rotatable bonds is 8. The highest BCUT2D eigenvalue weighted by atomic mass is 16.2. The number of benzene rings is 2. The third-order valence-electron chi connectivity index (χ3n) is 4.36. The minimum atomic E-state index is -0.503. The van der Waals surface area contributed by atoms with Crippen LogP contribution in [-0.2, 0) is 16.8 Å². The Morgan fingerprint density at radius 3 is 2.21 bits per heavy atom. The Balaban J connectivity index is 1.73. The van der Waals surface area contributed by atoms with E-state index in [-0.39, 0.29) is 5.91 Å². The van der Waals surface area contributed by atoms with Crippen LogP contribution >= 0.6 is 0 Å². The highest BCUT2D eigenvalue weighted by Crippen LogP contribution is 2.22. The molecule has 0 unspecified atom stereocenters. The van der Waals surface area contributed by atoms with E-state index in [0.29, 0.717) is 6.54 Å². The van der Waals surface area contributed by atoms with Crippen LogP contribution in [0.15, 0.2) is 60.7 Å². The third-order valence-corrected chi connectivity index (χ3v) is 4.36. The van der Waals surface area contributed by atoms with Crippen LogP contribution in [0.4, 0.5) is 0 Å². The van der Waals surface area contributed by atoms with Crippen molar-refractivity contribution >= 4 is 5.91 Å². The molecule has 0 aromatic heterocycles. The molecule has 2 aromatic rings. The molecule has 0 bridgehead atoms. The van der Waals surface area contributed by atoms with Gasteiger partial charge in [-0.05, 0) is 45.0 Å². The Bertz CT molecular complexity index is 623. The lowest BCUT2D eigenvalue weighted by Gasteiger charge is -2.24. The highest BCUT2D eigenvalue weighted by Gasteiger charge is 2.28. The summed E-state index contributed by atoms with van der Waals surface area (Å²) >= 11 is 0. The van der Waals surface area contributed by atoms with Crippen molar-refractivity contribution in [3.8, 4) is 0 Å². The van der Waals surface area contributed by atoms with E-state index in [0.717, 1.165) is 25.1 Å². The summed E-state index contributed by atoms with van der Waals surface area (Å²) < 4.78 is 0. The molecule has 0 saturated carbocycles. The van der Waals surface area contributed by atoms with Crippen LogP contribution in [-0.4, -0.2) is 30.9 Å². The molecule has 0 saturated heterocycles. The van der Waals surface area contributed by atoms with Gasteiger partial charge in [0.2, 0.25) is 5.91 Å². The van der Waals surface area contributed by atoms with E-state index in [1.165, 1.54) is 5.56 Å². The summed E-state index contributed by atoms with van der Waals surface area (Å²) in [7, 11) is 2.11. The van der Waals surface area contributed by atoms with Crippen molar-refractivity contribution in [2.75, 3.05) is 20.1 Å². The van der Waals surface area contributed by atoms with Crippen LogP contribution in [0.25, 0.3) is 0 Å². The van der Waals surface area contributed by atoms with E-state index in [1.807, 2.05) is 50.2 Å². The van der Waals surface area contributed by atoms with Crippen molar-refractivity contribution in [3.63, 3.8) is 0 Å². The molecular weight excluding hydrogens is 296 g/mol. The molecule has 0 aliphatic heterocycles. The molecule has 0 aliphatic rings. The van der Waals surface area contributed by atoms with Crippen molar-refractivity contribution in [2.45, 2.75) is 32.2 Å². The van der Waals surface area contributed by atoms with E-state index in [4.69, 9.17) is 0 Å². The predicted octanol–water partition coefficient (Wildman–Crippen LogP) is 3.60. The largest absolute Gasteiger partial charge is 0.355 e. The summed E-state index contributed by atoms with van der Waals surface area (Å²) in [4.78, 5) is 14.8. The normalized spacial score (nSPS) is 11.5. The number of hydrogen-bond acceptors (Lipinski definition) is 2. The van der Waals surface area contributed by atoms with Gasteiger partial charge in [-0.25, -0.2) is 0 Å². The second kappa shape index (κ2) is 8.65. The Labute approximate surface area is 145 Å². The average molecular weight is 324 g/mol. The lowest BCUT2D eigenvalue weighted by molar-refractivity contribution is -0.125. The van der Waals surface area contributed by atoms with E-state index in [2.05, 4.69) is 41.5 Å². The van der Waals surface area contributed by atoms with Crippen molar-refractivity contribution in [2.24, 2.45) is 0 Å². The maximum atomic E-state index is 12.5. The number of carbonyl (C=O) groups is 1. The molecule has 2 aromatic carbocycles. The first-order valence-electron chi connectivity index (χ1n) is 8.56. The molecule has 0 aliphatic carbocycles. The molecule has 0 fully saturated rings. The maximum Gasteiger partial charge on any atom is 0.230 e. The average Bonchev–Trinajstić information content (AvgIpc) is 2.60. The van der Waals surface area contributed by atoms with Gasteiger partial charge in [0.25, 0.3) is 0 Å². The second-order valence-corrected chi connectivity index (χ2v) is 6.82. The van der Waals surface area contributed by atoms with Crippen molar-refractivity contribution in [1.82, 2.24) is 10.2 Å². The fourth-order valence-electron chi connectivity index (χ4n) is 2.73. The zero-order valence-electron chi connectivity index (χ0n) is 15.0. The molecule has 2 rings (SSSR count). The standard InChI is InChI=1S/C21H28N2O/c1-21(2,19-13-8-5-9-14-19)20(24)22-15-10-16-23(3)17-18-11-6-4-7-12-18/h4-9,11-14H,10,15-17H2,1-3H3,(H,22,24). The molecule has 0 spiro atoms. The summed E-state index contributed by atoms with van der Waals surface area (Å²) in [5.41, 5.74) is 1.86. The lowest BCUT2D eigenvalue weighted by Crippen LogP contribution is -2.41. The summed E-state index contributed by atoms with van der Waals surface area (Å²) in [6.07, 6.45) is 0.944. The zero-order valence-corrected chi connectivity index (χ0v) is 15.0. The third kappa shape index (κ3) is 5.20. The SMILES string of the molecule is CN(CCCNC(=O)C(C)(C)c1ccccc1)Cc1ccccc1. The number of nitrogens with zero attached hydrogens (tertiary/aromatic N) is 1. The van der Waals surface area contributed by atoms with Gasteiger partial charge >= 0.3 is 0 Å². The smallest absolute Gasteiger partial charge is 0.230 e. The van der Waals surface area contributed by atoms with Crippen LogP contribution in [0.5, 0.6) is 0 Å². The molecule has 3 heteroatoms. The molecule has 0 atom stereocenters. The van der Waals surface area contributed by atoms with Gasteiger partial charge in [0.1, 0.15) is 0 Å². The molecule has 1 amide bonds. The van der Waals surface area contributed by atoms with Gasteiger partial charge in [0, 0.05) is 13.1 Å². The van der Waals surface area contributed by atoms with Gasteiger partial charge in [-0.1, -0.05) is 60.7 Å². The van der Waals surface area contributed by atoms with Crippen LogP contribution in [0.2, 0.25) is 0 Å². The Morgan fingerprint density at radius 1 is 1.00 bits per heavy atom. The van der Waals surface area contributed by atoms with Gasteiger partial charge in [-0.15, -0.1) is 0 Å². The van der Waals surface area contributed by atoms with E-state index < -0.39 is 5.41 Å². The van der Waals surface area contributed by atoms with Crippen molar-refractivity contribution in [3.05, 3.63) is 71.8 Å². The van der Waals surface area contributed by atoms with Crippen LogP contribution in [0.1, 0.15) is 31.4 Å². The number of nitrogens with one attached hydrogen (secondary N) is 1. The molecule has 1 N–H and O–H groups in total. The number of amides is 1. The topological polar surface area (TPSA) is 32.3 Å². The summed E-state index contributed by atoms with van der Waals surface area (Å²) in [5, 5.41) is 3.08. The molecule has 24 heavy (non-hydrogen) atoms. The van der Waals surface area contributed by atoms with Crippen molar-refractivity contribution < 1.29 is 4.79 Å². The Kier molecular flexibility index (Phi) is 6.56. The van der Waals surface area contributed by atoms with E-state index in [9.17, 15) is 4.79 Å². The first-order valence-corrected chi connectivity index (χ1v) is 8.56. The lowest BCUT2D eigenvalue weighted by atomic mass is 9.84. The molecule has 0 heterocycles. The van der Waals surface area contributed by atoms with Crippen LogP contribution < -0.4 is 5.32 Å². The fourth-order valence-corrected chi connectivity index (χ4v) is 2.73. The summed E-state index contributed by atoms with van der Waals surface area (Å²) in [6, 6.07) is 20.4. The predicted molar refractivity (Wildman–Crippen MR) is 99.9 cm³/mol. The molecule has 0 radical (unpaired) electrons. The summed E-state index contributed by atoms with van der Waals surface area (Å²) in [6.45, 7) is 6.54. The quantitative estimate of drug-likeness (QED) is 0.753. The first-order chi connectivity index (χ1) is 11.5. The van der Waals surface area contributed by atoms with E-state index in [1.54, 1.807) is 0 Å². The highest BCUT2D eigenvalue weighted by molar-refractivity contribution is 5.87. The van der Waals surface area contributed by atoms with Gasteiger partial charge in [-0.2, -0.15) is 0 Å². The van der Waals surface area contributed by atoms with Gasteiger partial charge in [0.15, 0.2) is 0 Å². The molecule has 3 nitrogen and oxygen atoms in total. The monoisotopic (exact) mass is 324 g/mol. The van der Waals surface area contributed by atoms with Crippen LogP contribution in [0, 0.1) is 0 Å². The van der Waals surface area contributed by atoms with Gasteiger partial charge < -0.3 is 10.2 Å². The minimum Gasteiger partial charge on any atom is -0.355 e.